The predicted octanol–water partition coefficient (Wildman–Crippen LogP) is 3.80. The maximum absolute atomic E-state index is 5.95. The molecule has 0 saturated heterocycles. The van der Waals surface area contributed by atoms with Crippen molar-refractivity contribution < 1.29 is 18.7 Å². The van der Waals surface area contributed by atoms with E-state index in [9.17, 15) is 0 Å². The number of ether oxygens (including phenoxy) is 1. The van der Waals surface area contributed by atoms with E-state index in [2.05, 4.69) is 11.7 Å². The molecule has 0 atom stereocenters. The maximum atomic E-state index is 5.95. The van der Waals surface area contributed by atoms with Gasteiger partial charge in [-0.2, -0.15) is 0 Å². The largest absolute Gasteiger partial charge is 0.532 e. The van der Waals surface area contributed by atoms with Crippen LogP contribution in [0.15, 0.2) is 24.3 Å². The first-order valence-electron chi connectivity index (χ1n) is 8.10. The van der Waals surface area contributed by atoms with Gasteiger partial charge in [0.15, 0.2) is 0 Å². The van der Waals surface area contributed by atoms with Crippen LogP contribution in [0.3, 0.4) is 0 Å². The summed E-state index contributed by atoms with van der Waals surface area (Å²) >= 11 is 0. The number of hydrogen-bond acceptors (Lipinski definition) is 4. The molecular weight excluding hydrogens is 291 g/mol. The van der Waals surface area contributed by atoms with Gasteiger partial charge in [0.05, 0.1) is 7.11 Å². The lowest BCUT2D eigenvalue weighted by Crippen LogP contribution is -2.50. The lowest BCUT2D eigenvalue weighted by Gasteiger charge is -2.42. The fraction of sp³-hybridized carbons (Fsp3) is 0.556. The standard InChI is InChI=1S/C18H28BO4/c1-14(2)21-19(22-15(3)4,23-16(5)6)13-12-17-8-10-18(20-7)11-9-17/h8-11,14-16H,1-7H3/q-1. The summed E-state index contributed by atoms with van der Waals surface area (Å²) in [5.74, 6) is 6.98. The zero-order chi connectivity index (χ0) is 17.5. The first-order valence-corrected chi connectivity index (χ1v) is 8.10. The average Bonchev–Trinajstić information content (AvgIpc) is 2.43. The van der Waals surface area contributed by atoms with Gasteiger partial charge in [0.2, 0.25) is 0 Å². The van der Waals surface area contributed by atoms with Crippen molar-refractivity contribution in [1.82, 2.24) is 0 Å². The van der Waals surface area contributed by atoms with Crippen LogP contribution in [0.5, 0.6) is 5.75 Å². The quantitative estimate of drug-likeness (QED) is 0.566. The van der Waals surface area contributed by atoms with Crippen LogP contribution in [0.2, 0.25) is 0 Å². The Balaban J connectivity index is 3.12. The number of methoxy groups -OCH3 is 1. The van der Waals surface area contributed by atoms with E-state index in [4.69, 9.17) is 18.7 Å². The molecule has 5 heteroatoms. The zero-order valence-corrected chi connectivity index (χ0v) is 15.3. The van der Waals surface area contributed by atoms with E-state index in [0.717, 1.165) is 11.3 Å². The van der Waals surface area contributed by atoms with Crippen LogP contribution in [-0.2, 0) is 14.0 Å². The third-order valence-electron chi connectivity index (χ3n) is 2.84. The molecule has 0 aliphatic heterocycles. The minimum atomic E-state index is -2.15. The second-order valence-electron chi connectivity index (χ2n) is 6.19. The summed E-state index contributed by atoms with van der Waals surface area (Å²) in [6.45, 7) is 9.52. The SMILES string of the molecule is COc1ccc(C#C[B-](OC(C)C)(OC(C)C)OC(C)C)cc1. The Hall–Kier alpha value is -1.48. The van der Waals surface area contributed by atoms with E-state index in [0.29, 0.717) is 0 Å². The molecule has 0 bridgehead atoms. The highest BCUT2D eigenvalue weighted by Gasteiger charge is 2.30. The van der Waals surface area contributed by atoms with Gasteiger partial charge in [-0.1, -0.05) is 0 Å². The fourth-order valence-corrected chi connectivity index (χ4v) is 2.12. The van der Waals surface area contributed by atoms with Crippen molar-refractivity contribution in [2.75, 3.05) is 7.11 Å². The lowest BCUT2D eigenvalue weighted by molar-refractivity contribution is 0.0163. The van der Waals surface area contributed by atoms with Gasteiger partial charge in [0.1, 0.15) is 5.75 Å². The van der Waals surface area contributed by atoms with Crippen LogP contribution in [0.1, 0.15) is 47.1 Å². The van der Waals surface area contributed by atoms with Crippen molar-refractivity contribution in [1.29, 1.82) is 0 Å². The van der Waals surface area contributed by atoms with E-state index in [-0.39, 0.29) is 18.3 Å². The molecule has 0 unspecified atom stereocenters. The Labute approximate surface area is 140 Å². The number of rotatable bonds is 7. The molecule has 0 saturated carbocycles. The molecule has 0 spiro atoms. The smallest absolute Gasteiger partial charge is 0.457 e. The monoisotopic (exact) mass is 319 g/mol. The van der Waals surface area contributed by atoms with Crippen molar-refractivity contribution in [3.05, 3.63) is 29.8 Å². The molecule has 1 rings (SSSR count). The average molecular weight is 319 g/mol. The summed E-state index contributed by atoms with van der Waals surface area (Å²) in [4.78, 5) is 0. The first kappa shape index (κ1) is 19.6. The molecular formula is C18H28BO4-. The second-order valence-corrected chi connectivity index (χ2v) is 6.19. The van der Waals surface area contributed by atoms with Gasteiger partial charge in [-0.3, -0.25) is 0 Å². The number of hydrogen-bond donors (Lipinski definition) is 0. The van der Waals surface area contributed by atoms with Crippen molar-refractivity contribution in [2.24, 2.45) is 0 Å². The topological polar surface area (TPSA) is 36.9 Å². The highest BCUT2D eigenvalue weighted by molar-refractivity contribution is 6.69. The van der Waals surface area contributed by atoms with E-state index in [1.807, 2.05) is 65.8 Å². The van der Waals surface area contributed by atoms with Gasteiger partial charge in [-0.15, -0.1) is 5.92 Å². The first-order chi connectivity index (χ1) is 10.8. The Kier molecular flexibility index (Phi) is 7.64. The predicted molar refractivity (Wildman–Crippen MR) is 94.3 cm³/mol. The van der Waals surface area contributed by atoms with Crippen LogP contribution in [0.25, 0.3) is 0 Å². The molecule has 0 aromatic heterocycles. The van der Waals surface area contributed by atoms with Crippen LogP contribution >= 0.6 is 0 Å². The minimum Gasteiger partial charge on any atom is -0.532 e. The summed E-state index contributed by atoms with van der Waals surface area (Å²) in [5, 5.41) is 0. The van der Waals surface area contributed by atoms with Crippen LogP contribution < -0.4 is 4.74 Å². The molecule has 0 fully saturated rings. The second kappa shape index (κ2) is 8.98. The van der Waals surface area contributed by atoms with E-state index in [1.165, 1.54) is 0 Å². The van der Waals surface area contributed by atoms with E-state index >= 15 is 0 Å². The van der Waals surface area contributed by atoms with Gasteiger partial charge < -0.3 is 18.7 Å². The van der Waals surface area contributed by atoms with E-state index in [1.54, 1.807) is 7.11 Å². The summed E-state index contributed by atoms with van der Waals surface area (Å²) in [6.07, 6.45) is -0.173. The molecule has 1 aromatic rings. The fourth-order valence-electron chi connectivity index (χ4n) is 2.12. The van der Waals surface area contributed by atoms with Crippen LogP contribution in [0.4, 0.5) is 0 Å². The third-order valence-corrected chi connectivity index (χ3v) is 2.84. The normalized spacial score (nSPS) is 11.7. The summed E-state index contributed by atoms with van der Waals surface area (Å²) < 4.78 is 23.0. The Morgan fingerprint density at radius 2 is 1.22 bits per heavy atom. The van der Waals surface area contributed by atoms with Gasteiger partial charge >= 0.3 is 6.75 Å². The van der Waals surface area contributed by atoms with Crippen molar-refractivity contribution in [3.63, 3.8) is 0 Å². The Morgan fingerprint density at radius 3 is 1.57 bits per heavy atom. The highest BCUT2D eigenvalue weighted by atomic mass is 16.8. The van der Waals surface area contributed by atoms with E-state index < -0.39 is 6.75 Å². The molecule has 4 nitrogen and oxygen atoms in total. The maximum Gasteiger partial charge on any atom is 0.457 e. The van der Waals surface area contributed by atoms with Crippen LogP contribution in [-0.4, -0.2) is 32.2 Å². The molecule has 0 radical (unpaired) electrons. The molecule has 128 valence electrons. The summed E-state index contributed by atoms with van der Waals surface area (Å²) in [7, 11) is 1.64. The summed E-state index contributed by atoms with van der Waals surface area (Å²) in [6, 6.07) is 7.53. The zero-order valence-electron chi connectivity index (χ0n) is 15.3. The van der Waals surface area contributed by atoms with Gasteiger partial charge in [-0.05, 0) is 65.8 Å². The lowest BCUT2D eigenvalue weighted by atomic mass is 9.77. The molecule has 0 aliphatic carbocycles. The Bertz CT molecular complexity index is 500. The third kappa shape index (κ3) is 7.09. The van der Waals surface area contributed by atoms with Crippen molar-refractivity contribution in [2.45, 2.75) is 59.9 Å². The minimum absolute atomic E-state index is 0.0577. The van der Waals surface area contributed by atoms with Crippen LogP contribution in [0, 0.1) is 11.7 Å². The van der Waals surface area contributed by atoms with Gasteiger partial charge in [0.25, 0.3) is 0 Å². The molecule has 1 aromatic carbocycles. The van der Waals surface area contributed by atoms with Gasteiger partial charge in [-0.25, -0.2) is 5.82 Å². The summed E-state index contributed by atoms with van der Waals surface area (Å²) in [5.41, 5.74) is 0.851. The van der Waals surface area contributed by atoms with Crippen molar-refractivity contribution in [3.8, 4) is 17.5 Å². The van der Waals surface area contributed by atoms with Gasteiger partial charge in [0, 0.05) is 23.9 Å². The van der Waals surface area contributed by atoms with Crippen molar-refractivity contribution >= 4 is 6.75 Å². The molecule has 0 amide bonds. The molecule has 23 heavy (non-hydrogen) atoms. The number of benzene rings is 1. The molecule has 0 N–H and O–H groups in total. The molecule has 0 heterocycles. The molecule has 0 aliphatic rings. The Morgan fingerprint density at radius 1 is 0.783 bits per heavy atom. The highest BCUT2D eigenvalue weighted by Crippen LogP contribution is 2.17.